The maximum absolute atomic E-state index is 12.1. The van der Waals surface area contributed by atoms with E-state index in [0.29, 0.717) is 29.7 Å². The molecule has 16 heavy (non-hydrogen) atoms. The Bertz CT molecular complexity index is 656. The highest BCUT2D eigenvalue weighted by atomic mass is 16.2. The second-order valence-corrected chi connectivity index (χ2v) is 3.81. The first kappa shape index (κ1) is 9.15. The van der Waals surface area contributed by atoms with Crippen molar-refractivity contribution in [2.24, 2.45) is 0 Å². The van der Waals surface area contributed by atoms with Gasteiger partial charge >= 0.3 is 0 Å². The smallest absolute Gasteiger partial charge is 0.261 e. The molecule has 0 spiro atoms. The van der Waals surface area contributed by atoms with Gasteiger partial charge in [0.15, 0.2) is 0 Å². The van der Waals surface area contributed by atoms with Crippen molar-refractivity contribution in [3.05, 3.63) is 46.7 Å². The van der Waals surface area contributed by atoms with E-state index in [-0.39, 0.29) is 5.56 Å². The average molecular weight is 214 g/mol. The third-order valence-electron chi connectivity index (χ3n) is 2.91. The molecule has 0 saturated heterocycles. The zero-order valence-electron chi connectivity index (χ0n) is 8.55. The normalized spacial score (nSPS) is 16.9. The zero-order chi connectivity index (χ0) is 11.1. The first-order valence-electron chi connectivity index (χ1n) is 5.14. The van der Waals surface area contributed by atoms with Crippen molar-refractivity contribution in [1.82, 2.24) is 9.55 Å². The van der Waals surface area contributed by atoms with Gasteiger partial charge in [-0.25, -0.2) is 4.98 Å². The average Bonchev–Trinajstić information content (AvgIpc) is 2.72. The number of allylic oxidation sites excluding steroid dienone is 1. The van der Waals surface area contributed by atoms with Crippen LogP contribution in [0, 0.1) is 0 Å². The molecule has 0 bridgehead atoms. The predicted octanol–water partition coefficient (Wildman–Crippen LogP) is 1.70. The van der Waals surface area contributed by atoms with E-state index in [0.717, 1.165) is 11.8 Å². The lowest BCUT2D eigenvalue weighted by Crippen LogP contribution is -2.20. The van der Waals surface area contributed by atoms with E-state index in [1.807, 2.05) is 18.2 Å². The number of aromatic nitrogens is 2. The van der Waals surface area contributed by atoms with Crippen molar-refractivity contribution in [2.75, 3.05) is 0 Å². The van der Waals surface area contributed by atoms with Crippen LogP contribution in [0.2, 0.25) is 0 Å². The van der Waals surface area contributed by atoms with Gasteiger partial charge in [-0.15, -0.1) is 0 Å². The van der Waals surface area contributed by atoms with E-state index < -0.39 is 0 Å². The molecule has 0 radical (unpaired) electrons. The van der Waals surface area contributed by atoms with E-state index in [1.165, 1.54) is 0 Å². The number of aliphatic hydroxyl groups excluding tert-OH is 1. The van der Waals surface area contributed by atoms with Gasteiger partial charge in [0.25, 0.3) is 5.56 Å². The number of hydrogen-bond donors (Lipinski definition) is 1. The Hall–Kier alpha value is -2.10. The van der Waals surface area contributed by atoms with Gasteiger partial charge in [0, 0.05) is 12.1 Å². The fourth-order valence-electron chi connectivity index (χ4n) is 2.09. The molecule has 4 nitrogen and oxygen atoms in total. The minimum atomic E-state index is -0.0301. The Morgan fingerprint density at radius 1 is 1.38 bits per heavy atom. The van der Waals surface area contributed by atoms with E-state index in [9.17, 15) is 4.79 Å². The van der Waals surface area contributed by atoms with Crippen LogP contribution in [0.25, 0.3) is 16.5 Å². The summed E-state index contributed by atoms with van der Waals surface area (Å²) in [4.78, 5) is 16.5. The zero-order valence-corrected chi connectivity index (χ0v) is 8.55. The summed E-state index contributed by atoms with van der Waals surface area (Å²) in [7, 11) is 0. The maximum atomic E-state index is 12.1. The number of fused-ring (bicyclic) bond motifs is 2. The molecule has 4 heteroatoms. The molecule has 3 rings (SSSR count). The molecule has 1 aliphatic rings. The Labute approximate surface area is 91.5 Å². The van der Waals surface area contributed by atoms with Gasteiger partial charge in [0.2, 0.25) is 0 Å². The number of nitrogens with zero attached hydrogens (tertiary/aromatic N) is 2. The summed E-state index contributed by atoms with van der Waals surface area (Å²) in [6.07, 6.45) is 1.70. The molecule has 80 valence electrons. The first-order chi connectivity index (χ1) is 7.81. The standard InChI is InChI=1S/C12H10N2O2/c15-7-8-5-6-14-11(8)13-10-4-2-1-3-9(10)12(14)16/h1-4,7,15H,5-6H2/b8-7+. The Balaban J connectivity index is 2.46. The summed E-state index contributed by atoms with van der Waals surface area (Å²) in [5.41, 5.74) is 1.38. The van der Waals surface area contributed by atoms with Crippen LogP contribution in [-0.4, -0.2) is 14.7 Å². The van der Waals surface area contributed by atoms with Crippen molar-refractivity contribution in [3.8, 4) is 0 Å². The quantitative estimate of drug-likeness (QED) is 0.679. The van der Waals surface area contributed by atoms with Crippen LogP contribution in [0.1, 0.15) is 12.2 Å². The molecular formula is C12H10N2O2. The monoisotopic (exact) mass is 214 g/mol. The second-order valence-electron chi connectivity index (χ2n) is 3.81. The molecule has 0 saturated carbocycles. The lowest BCUT2D eigenvalue weighted by atomic mass is 10.2. The first-order valence-corrected chi connectivity index (χ1v) is 5.14. The number of rotatable bonds is 0. The molecule has 1 aliphatic heterocycles. The number of hydrogen-bond acceptors (Lipinski definition) is 3. The topological polar surface area (TPSA) is 55.1 Å². The molecule has 0 aliphatic carbocycles. The molecule has 1 aromatic heterocycles. The minimum absolute atomic E-state index is 0.0301. The van der Waals surface area contributed by atoms with E-state index in [1.54, 1.807) is 10.6 Å². The minimum Gasteiger partial charge on any atom is -0.515 e. The third kappa shape index (κ3) is 1.10. The maximum Gasteiger partial charge on any atom is 0.261 e. The van der Waals surface area contributed by atoms with Gasteiger partial charge in [-0.05, 0) is 18.6 Å². The summed E-state index contributed by atoms with van der Waals surface area (Å²) in [6, 6.07) is 7.27. The molecule has 2 aromatic rings. The molecule has 0 unspecified atom stereocenters. The van der Waals surface area contributed by atoms with E-state index in [2.05, 4.69) is 4.98 Å². The lowest BCUT2D eigenvalue weighted by Gasteiger charge is -2.04. The molecule has 0 fully saturated rings. The van der Waals surface area contributed by atoms with Crippen LogP contribution in [0.5, 0.6) is 0 Å². The van der Waals surface area contributed by atoms with E-state index in [4.69, 9.17) is 5.11 Å². The SMILES string of the molecule is O=c1c2ccccc2nc2n1CC/C2=C\O. The molecular weight excluding hydrogens is 204 g/mol. The van der Waals surface area contributed by atoms with Crippen LogP contribution in [-0.2, 0) is 6.54 Å². The van der Waals surface area contributed by atoms with Crippen LogP contribution < -0.4 is 5.56 Å². The summed E-state index contributed by atoms with van der Waals surface area (Å²) in [5, 5.41) is 9.69. The fraction of sp³-hybridized carbons (Fsp3) is 0.167. The van der Waals surface area contributed by atoms with Gasteiger partial charge < -0.3 is 5.11 Å². The van der Waals surface area contributed by atoms with Gasteiger partial charge in [-0.2, -0.15) is 0 Å². The van der Waals surface area contributed by atoms with Crippen LogP contribution >= 0.6 is 0 Å². The van der Waals surface area contributed by atoms with Crippen molar-refractivity contribution >= 4 is 16.5 Å². The van der Waals surface area contributed by atoms with Crippen LogP contribution in [0.3, 0.4) is 0 Å². The highest BCUT2D eigenvalue weighted by Gasteiger charge is 2.20. The van der Waals surface area contributed by atoms with Crippen molar-refractivity contribution < 1.29 is 5.11 Å². The lowest BCUT2D eigenvalue weighted by molar-refractivity contribution is 0.474. The van der Waals surface area contributed by atoms with Crippen LogP contribution in [0.15, 0.2) is 35.3 Å². The summed E-state index contributed by atoms with van der Waals surface area (Å²) in [6.45, 7) is 0.596. The molecule has 1 aromatic carbocycles. The Morgan fingerprint density at radius 3 is 3.00 bits per heavy atom. The van der Waals surface area contributed by atoms with Crippen molar-refractivity contribution in [2.45, 2.75) is 13.0 Å². The van der Waals surface area contributed by atoms with Crippen LogP contribution in [0.4, 0.5) is 0 Å². The van der Waals surface area contributed by atoms with Gasteiger partial charge in [0.05, 0.1) is 17.2 Å². The highest BCUT2D eigenvalue weighted by molar-refractivity contribution is 5.79. The van der Waals surface area contributed by atoms with Crippen molar-refractivity contribution in [3.63, 3.8) is 0 Å². The summed E-state index contributed by atoms with van der Waals surface area (Å²) in [5.74, 6) is 0.589. The molecule has 1 N–H and O–H groups in total. The summed E-state index contributed by atoms with van der Waals surface area (Å²) >= 11 is 0. The summed E-state index contributed by atoms with van der Waals surface area (Å²) < 4.78 is 1.62. The predicted molar refractivity (Wildman–Crippen MR) is 61.2 cm³/mol. The van der Waals surface area contributed by atoms with Gasteiger partial charge in [-0.1, -0.05) is 12.1 Å². The second kappa shape index (κ2) is 3.20. The molecule has 0 amide bonds. The van der Waals surface area contributed by atoms with E-state index >= 15 is 0 Å². The van der Waals surface area contributed by atoms with Gasteiger partial charge in [-0.3, -0.25) is 9.36 Å². The third-order valence-corrected chi connectivity index (χ3v) is 2.91. The Morgan fingerprint density at radius 2 is 2.19 bits per heavy atom. The van der Waals surface area contributed by atoms with Gasteiger partial charge in [0.1, 0.15) is 5.82 Å². The van der Waals surface area contributed by atoms with Crippen molar-refractivity contribution in [1.29, 1.82) is 0 Å². The molecule has 2 heterocycles. The fourth-order valence-corrected chi connectivity index (χ4v) is 2.09. The number of aliphatic hydroxyl groups is 1. The number of para-hydroxylation sites is 1. The number of benzene rings is 1. The largest absolute Gasteiger partial charge is 0.515 e. The molecule has 0 atom stereocenters. The Kier molecular flexibility index (Phi) is 1.83. The highest BCUT2D eigenvalue weighted by Crippen LogP contribution is 2.24.